The van der Waals surface area contributed by atoms with E-state index in [9.17, 15) is 13.2 Å². The second-order valence-electron chi connectivity index (χ2n) is 6.64. The summed E-state index contributed by atoms with van der Waals surface area (Å²) in [7, 11) is -3.47. The van der Waals surface area contributed by atoms with E-state index in [4.69, 9.17) is 10.5 Å². The third-order valence-electron chi connectivity index (χ3n) is 5.18. The summed E-state index contributed by atoms with van der Waals surface area (Å²) in [5, 5.41) is 0. The third-order valence-corrected chi connectivity index (χ3v) is 7.23. The maximum atomic E-state index is 12.8. The number of nitrogens with zero attached hydrogens (tertiary/aromatic N) is 1. The van der Waals surface area contributed by atoms with E-state index >= 15 is 0 Å². The Morgan fingerprint density at radius 1 is 1.21 bits per heavy atom. The first-order valence-electron chi connectivity index (χ1n) is 8.38. The second kappa shape index (κ2) is 6.82. The standard InChI is InChI=1S/C17H24N2O4S/c1-12-4-2-3-5-15(12)24(21,22)19-9-6-13(7-10-19)16-14(17(18)20)8-11-23-16/h2-5,13-14,16H,6-11H2,1H3,(H2,18,20)/t14-,16+/m0/s1. The lowest BCUT2D eigenvalue weighted by molar-refractivity contribution is -0.124. The number of primary amides is 1. The van der Waals surface area contributed by atoms with Gasteiger partial charge in [-0.15, -0.1) is 0 Å². The molecule has 2 fully saturated rings. The van der Waals surface area contributed by atoms with Crippen LogP contribution in [0.2, 0.25) is 0 Å². The first kappa shape index (κ1) is 17.4. The molecule has 3 rings (SSSR count). The van der Waals surface area contributed by atoms with E-state index in [0.717, 1.165) is 5.56 Å². The molecule has 24 heavy (non-hydrogen) atoms. The predicted molar refractivity (Wildman–Crippen MR) is 89.7 cm³/mol. The van der Waals surface area contributed by atoms with Crippen molar-refractivity contribution in [2.24, 2.45) is 17.6 Å². The number of carbonyl (C=O) groups excluding carboxylic acids is 1. The zero-order valence-corrected chi connectivity index (χ0v) is 14.7. The maximum Gasteiger partial charge on any atom is 0.243 e. The molecule has 0 aromatic heterocycles. The van der Waals surface area contributed by atoms with Crippen molar-refractivity contribution < 1.29 is 17.9 Å². The molecule has 132 valence electrons. The number of nitrogens with two attached hydrogens (primary N) is 1. The zero-order valence-electron chi connectivity index (χ0n) is 13.8. The van der Waals surface area contributed by atoms with Crippen molar-refractivity contribution in [1.82, 2.24) is 4.31 Å². The van der Waals surface area contributed by atoms with Crippen LogP contribution in [-0.2, 0) is 19.6 Å². The van der Waals surface area contributed by atoms with Gasteiger partial charge < -0.3 is 10.5 Å². The predicted octanol–water partition coefficient (Wildman–Crippen LogP) is 1.29. The number of piperidine rings is 1. The highest BCUT2D eigenvalue weighted by molar-refractivity contribution is 7.89. The van der Waals surface area contributed by atoms with Gasteiger partial charge in [-0.25, -0.2) is 8.42 Å². The molecule has 0 bridgehead atoms. The van der Waals surface area contributed by atoms with E-state index in [1.165, 1.54) is 0 Å². The highest BCUT2D eigenvalue weighted by atomic mass is 32.2. The molecule has 0 unspecified atom stereocenters. The average Bonchev–Trinajstić information content (AvgIpc) is 3.05. The summed E-state index contributed by atoms with van der Waals surface area (Å²) in [4.78, 5) is 11.9. The number of hydrogen-bond donors (Lipinski definition) is 1. The first-order valence-corrected chi connectivity index (χ1v) is 9.82. The van der Waals surface area contributed by atoms with Gasteiger partial charge >= 0.3 is 0 Å². The van der Waals surface area contributed by atoms with Crippen molar-refractivity contribution in [3.05, 3.63) is 29.8 Å². The van der Waals surface area contributed by atoms with E-state index in [2.05, 4.69) is 0 Å². The molecule has 2 N–H and O–H groups in total. The van der Waals surface area contributed by atoms with Gasteiger partial charge in [0.15, 0.2) is 0 Å². The molecule has 2 saturated heterocycles. The summed E-state index contributed by atoms with van der Waals surface area (Å²) in [5.41, 5.74) is 6.22. The largest absolute Gasteiger partial charge is 0.377 e. The van der Waals surface area contributed by atoms with E-state index < -0.39 is 10.0 Å². The van der Waals surface area contributed by atoms with Crippen LogP contribution in [0.3, 0.4) is 0 Å². The molecule has 2 aliphatic rings. The molecule has 6 nitrogen and oxygen atoms in total. The number of aryl methyl sites for hydroxylation is 1. The number of amides is 1. The Bertz CT molecular complexity index is 711. The Balaban J connectivity index is 1.69. The highest BCUT2D eigenvalue weighted by Gasteiger charge is 2.41. The monoisotopic (exact) mass is 352 g/mol. The minimum absolute atomic E-state index is 0.161. The molecule has 0 radical (unpaired) electrons. The minimum Gasteiger partial charge on any atom is -0.377 e. The van der Waals surface area contributed by atoms with Crippen LogP contribution in [0.15, 0.2) is 29.2 Å². The molecular weight excluding hydrogens is 328 g/mol. The van der Waals surface area contributed by atoms with Gasteiger partial charge in [0.05, 0.1) is 16.9 Å². The molecule has 0 spiro atoms. The van der Waals surface area contributed by atoms with Gasteiger partial charge in [-0.3, -0.25) is 4.79 Å². The lowest BCUT2D eigenvalue weighted by atomic mass is 9.84. The lowest BCUT2D eigenvalue weighted by Crippen LogP contribution is -2.44. The topological polar surface area (TPSA) is 89.7 Å². The van der Waals surface area contributed by atoms with Crippen molar-refractivity contribution in [3.63, 3.8) is 0 Å². The number of hydrogen-bond acceptors (Lipinski definition) is 4. The fourth-order valence-corrected chi connectivity index (χ4v) is 5.51. The Morgan fingerprint density at radius 3 is 2.50 bits per heavy atom. The molecule has 0 saturated carbocycles. The van der Waals surface area contributed by atoms with Crippen LogP contribution in [0, 0.1) is 18.8 Å². The Labute approximate surface area is 143 Å². The van der Waals surface area contributed by atoms with Crippen molar-refractivity contribution >= 4 is 15.9 Å². The summed E-state index contributed by atoms with van der Waals surface area (Å²) in [6.45, 7) is 3.27. The van der Waals surface area contributed by atoms with Crippen LogP contribution in [0.5, 0.6) is 0 Å². The van der Waals surface area contributed by atoms with E-state index in [1.54, 1.807) is 16.4 Å². The average molecular weight is 352 g/mol. The molecule has 2 aliphatic heterocycles. The number of sulfonamides is 1. The number of carbonyl (C=O) groups is 1. The Hall–Kier alpha value is -1.44. The van der Waals surface area contributed by atoms with E-state index in [1.807, 2.05) is 19.1 Å². The fourth-order valence-electron chi connectivity index (χ4n) is 3.81. The lowest BCUT2D eigenvalue weighted by Gasteiger charge is -2.35. The summed E-state index contributed by atoms with van der Waals surface area (Å²) >= 11 is 0. The molecule has 7 heteroatoms. The molecular formula is C17H24N2O4S. The molecule has 1 aromatic rings. The van der Waals surface area contributed by atoms with E-state index in [-0.39, 0.29) is 23.8 Å². The minimum atomic E-state index is -3.47. The Morgan fingerprint density at radius 2 is 1.88 bits per heavy atom. The molecule has 2 heterocycles. The van der Waals surface area contributed by atoms with Crippen LogP contribution >= 0.6 is 0 Å². The smallest absolute Gasteiger partial charge is 0.243 e. The second-order valence-corrected chi connectivity index (χ2v) is 8.55. The summed E-state index contributed by atoms with van der Waals surface area (Å²) < 4.78 is 32.9. The summed E-state index contributed by atoms with van der Waals surface area (Å²) in [6.07, 6.45) is 1.90. The van der Waals surface area contributed by atoms with Gasteiger partial charge in [0.1, 0.15) is 0 Å². The number of benzene rings is 1. The number of ether oxygens (including phenoxy) is 1. The van der Waals surface area contributed by atoms with Gasteiger partial charge in [0.25, 0.3) is 0 Å². The fraction of sp³-hybridized carbons (Fsp3) is 0.588. The summed E-state index contributed by atoms with van der Waals surface area (Å²) in [6, 6.07) is 7.04. The van der Waals surface area contributed by atoms with Crippen molar-refractivity contribution in [2.75, 3.05) is 19.7 Å². The third kappa shape index (κ3) is 3.20. The van der Waals surface area contributed by atoms with E-state index in [0.29, 0.717) is 43.9 Å². The molecule has 1 amide bonds. The van der Waals surface area contributed by atoms with Gasteiger partial charge in [0.2, 0.25) is 15.9 Å². The normalized spacial score (nSPS) is 26.5. The molecule has 0 aliphatic carbocycles. The van der Waals surface area contributed by atoms with Crippen LogP contribution in [0.25, 0.3) is 0 Å². The first-order chi connectivity index (χ1) is 11.4. The zero-order chi connectivity index (χ0) is 17.3. The van der Waals surface area contributed by atoms with Gasteiger partial charge in [-0.2, -0.15) is 4.31 Å². The van der Waals surface area contributed by atoms with Crippen LogP contribution in [-0.4, -0.2) is 44.4 Å². The molecule has 2 atom stereocenters. The van der Waals surface area contributed by atoms with Gasteiger partial charge in [0, 0.05) is 19.7 Å². The van der Waals surface area contributed by atoms with Crippen molar-refractivity contribution in [2.45, 2.75) is 37.2 Å². The van der Waals surface area contributed by atoms with Crippen LogP contribution in [0.4, 0.5) is 0 Å². The molecule has 1 aromatic carbocycles. The van der Waals surface area contributed by atoms with Gasteiger partial charge in [-0.05, 0) is 43.7 Å². The highest BCUT2D eigenvalue weighted by Crippen LogP contribution is 2.34. The quantitative estimate of drug-likeness (QED) is 0.884. The maximum absolute atomic E-state index is 12.8. The Kier molecular flexibility index (Phi) is 4.94. The van der Waals surface area contributed by atoms with Gasteiger partial charge in [-0.1, -0.05) is 18.2 Å². The summed E-state index contributed by atoms with van der Waals surface area (Å²) in [5.74, 6) is -0.365. The number of rotatable bonds is 4. The van der Waals surface area contributed by atoms with Crippen molar-refractivity contribution in [3.8, 4) is 0 Å². The SMILES string of the molecule is Cc1ccccc1S(=O)(=O)N1CCC([C@H]2OCC[C@@H]2C(N)=O)CC1. The van der Waals surface area contributed by atoms with Crippen LogP contribution < -0.4 is 5.73 Å². The van der Waals surface area contributed by atoms with Crippen LogP contribution in [0.1, 0.15) is 24.8 Å². The van der Waals surface area contributed by atoms with Crippen molar-refractivity contribution in [1.29, 1.82) is 0 Å².